The van der Waals surface area contributed by atoms with Gasteiger partial charge in [-0.3, -0.25) is 0 Å². The topological polar surface area (TPSA) is 27.7 Å². The van der Waals surface area contributed by atoms with Gasteiger partial charge in [-0.15, -0.1) is 0 Å². The predicted octanol–water partition coefficient (Wildman–Crippen LogP) is 0.547. The first-order chi connectivity index (χ1) is 6.65. The molecule has 0 atom stereocenters. The molecule has 0 unspecified atom stereocenters. The van der Waals surface area contributed by atoms with Crippen LogP contribution >= 0.6 is 0 Å². The van der Waals surface area contributed by atoms with Gasteiger partial charge in [-0.05, 0) is 0 Å². The van der Waals surface area contributed by atoms with E-state index in [4.69, 9.17) is 14.2 Å². The predicted molar refractivity (Wildman–Crippen MR) is 57.6 cm³/mol. The van der Waals surface area contributed by atoms with Gasteiger partial charge in [-0.1, -0.05) is 0 Å². The molecule has 0 spiro atoms. The Morgan fingerprint density at radius 3 is 2.00 bits per heavy atom. The van der Waals surface area contributed by atoms with Gasteiger partial charge in [-0.25, -0.2) is 0 Å². The zero-order valence-electron chi connectivity index (χ0n) is 8.75. The fourth-order valence-electron chi connectivity index (χ4n) is 1.26. The van der Waals surface area contributed by atoms with Gasteiger partial charge in [-0.2, -0.15) is 0 Å². The molecule has 0 saturated carbocycles. The Labute approximate surface area is 92.2 Å². The Bertz CT molecular complexity index is 337. The van der Waals surface area contributed by atoms with E-state index >= 15 is 0 Å². The Morgan fingerprint density at radius 1 is 1.00 bits per heavy atom. The zero-order valence-corrected chi connectivity index (χ0v) is 10.6. The molecule has 0 aliphatic heterocycles. The molecule has 0 aromatic heterocycles. The van der Waals surface area contributed by atoms with Crippen LogP contribution in [0.2, 0.25) is 0 Å². The summed E-state index contributed by atoms with van der Waals surface area (Å²) in [7, 11) is 4.83. The van der Waals surface area contributed by atoms with Crippen LogP contribution < -0.4 is 18.7 Å². The van der Waals surface area contributed by atoms with Gasteiger partial charge >= 0.3 is 91.8 Å². The van der Waals surface area contributed by atoms with E-state index in [1.54, 1.807) is 21.3 Å². The first-order valence-electron chi connectivity index (χ1n) is 4.14. The SMILES string of the molecule is COc1cc(C)c([SeH])c(OC)c1OC. The van der Waals surface area contributed by atoms with Crippen molar-refractivity contribution >= 4 is 20.5 Å². The number of ether oxygens (including phenoxy) is 3. The normalized spacial score (nSPS) is 9.79. The molecule has 0 radical (unpaired) electrons. The Hall–Kier alpha value is -0.861. The number of hydrogen-bond acceptors (Lipinski definition) is 3. The summed E-state index contributed by atoms with van der Waals surface area (Å²) >= 11 is 2.48. The minimum atomic E-state index is 0.635. The average molecular weight is 261 g/mol. The van der Waals surface area contributed by atoms with E-state index < -0.39 is 0 Å². The molecule has 3 nitrogen and oxygen atoms in total. The maximum atomic E-state index is 5.27. The number of rotatable bonds is 3. The van der Waals surface area contributed by atoms with Gasteiger partial charge in [0.05, 0.1) is 0 Å². The fraction of sp³-hybridized carbons (Fsp3) is 0.400. The van der Waals surface area contributed by atoms with Crippen molar-refractivity contribution in [3.8, 4) is 17.2 Å². The molecular formula is C10H14O3Se. The summed E-state index contributed by atoms with van der Waals surface area (Å²) in [6.07, 6.45) is 0. The van der Waals surface area contributed by atoms with Crippen molar-refractivity contribution < 1.29 is 14.2 Å². The van der Waals surface area contributed by atoms with Crippen LogP contribution in [-0.4, -0.2) is 37.3 Å². The quantitative estimate of drug-likeness (QED) is 0.744. The van der Waals surface area contributed by atoms with Gasteiger partial charge < -0.3 is 0 Å². The second-order valence-corrected chi connectivity index (χ2v) is 3.75. The molecule has 1 rings (SSSR count). The molecule has 0 fully saturated rings. The van der Waals surface area contributed by atoms with E-state index in [9.17, 15) is 0 Å². The first-order valence-corrected chi connectivity index (χ1v) is 5.08. The number of methoxy groups -OCH3 is 3. The van der Waals surface area contributed by atoms with Crippen molar-refractivity contribution in [1.82, 2.24) is 0 Å². The molecule has 0 N–H and O–H groups in total. The van der Waals surface area contributed by atoms with Gasteiger partial charge in [0, 0.05) is 0 Å². The van der Waals surface area contributed by atoms with Crippen LogP contribution in [0.15, 0.2) is 6.07 Å². The molecule has 78 valence electrons. The second-order valence-electron chi connectivity index (χ2n) is 2.81. The van der Waals surface area contributed by atoms with Crippen molar-refractivity contribution in [2.24, 2.45) is 0 Å². The van der Waals surface area contributed by atoms with Crippen LogP contribution in [0.3, 0.4) is 0 Å². The molecule has 0 bridgehead atoms. The first kappa shape index (κ1) is 11.2. The van der Waals surface area contributed by atoms with Crippen LogP contribution in [0.25, 0.3) is 0 Å². The number of benzene rings is 1. The van der Waals surface area contributed by atoms with Crippen LogP contribution in [0.1, 0.15) is 5.56 Å². The fourth-order valence-corrected chi connectivity index (χ4v) is 1.80. The molecule has 4 heteroatoms. The Balaban J connectivity index is 3.42. The van der Waals surface area contributed by atoms with Crippen molar-refractivity contribution in [2.45, 2.75) is 6.92 Å². The molecule has 0 aliphatic rings. The number of aryl methyl sites for hydroxylation is 1. The van der Waals surface area contributed by atoms with Gasteiger partial charge in [0.15, 0.2) is 0 Å². The molecule has 0 heterocycles. The summed E-state index contributed by atoms with van der Waals surface area (Å²) in [6.45, 7) is 2.00. The third-order valence-corrected chi connectivity index (χ3v) is 3.16. The molecule has 0 amide bonds. The minimum absolute atomic E-state index is 0.635. The van der Waals surface area contributed by atoms with Crippen LogP contribution in [-0.2, 0) is 0 Å². The number of hydrogen-bond donors (Lipinski definition) is 0. The van der Waals surface area contributed by atoms with Crippen molar-refractivity contribution in [3.05, 3.63) is 11.6 Å². The summed E-state index contributed by atoms with van der Waals surface area (Å²) in [5.74, 6) is 2.04. The Kier molecular flexibility index (Phi) is 3.67. The summed E-state index contributed by atoms with van der Waals surface area (Å²) in [5, 5.41) is 0. The monoisotopic (exact) mass is 262 g/mol. The molecule has 14 heavy (non-hydrogen) atoms. The summed E-state index contributed by atoms with van der Waals surface area (Å²) in [6, 6.07) is 1.93. The molecular weight excluding hydrogens is 247 g/mol. The van der Waals surface area contributed by atoms with Gasteiger partial charge in [0.25, 0.3) is 0 Å². The van der Waals surface area contributed by atoms with E-state index in [1.807, 2.05) is 13.0 Å². The summed E-state index contributed by atoms with van der Waals surface area (Å²) in [4.78, 5) is 0. The van der Waals surface area contributed by atoms with Crippen LogP contribution in [0, 0.1) is 6.92 Å². The van der Waals surface area contributed by atoms with Crippen molar-refractivity contribution in [3.63, 3.8) is 0 Å². The second kappa shape index (κ2) is 4.58. The molecule has 1 aromatic rings. The van der Waals surface area contributed by atoms with E-state index in [0.717, 1.165) is 10.0 Å². The molecule has 1 aromatic carbocycles. The maximum absolute atomic E-state index is 5.27. The van der Waals surface area contributed by atoms with Crippen LogP contribution in [0.5, 0.6) is 17.2 Å². The van der Waals surface area contributed by atoms with Gasteiger partial charge in [0.1, 0.15) is 0 Å². The molecule has 0 aliphatic carbocycles. The third-order valence-electron chi connectivity index (χ3n) is 1.99. The van der Waals surface area contributed by atoms with E-state index in [-0.39, 0.29) is 0 Å². The molecule has 0 saturated heterocycles. The summed E-state index contributed by atoms with van der Waals surface area (Å²) in [5.41, 5.74) is 1.10. The Morgan fingerprint density at radius 2 is 1.57 bits per heavy atom. The van der Waals surface area contributed by atoms with Gasteiger partial charge in [0.2, 0.25) is 0 Å². The summed E-state index contributed by atoms with van der Waals surface area (Å²) < 4.78 is 16.7. The van der Waals surface area contributed by atoms with E-state index in [1.165, 1.54) is 0 Å². The van der Waals surface area contributed by atoms with Crippen LogP contribution in [0.4, 0.5) is 0 Å². The standard InChI is InChI=1S/C10H14O3Se/c1-6-5-7(11-2)8(12-3)9(13-4)10(6)14/h5,14H,1-4H3. The zero-order chi connectivity index (χ0) is 10.7. The third kappa shape index (κ3) is 1.81. The van der Waals surface area contributed by atoms with Crippen molar-refractivity contribution in [2.75, 3.05) is 21.3 Å². The van der Waals surface area contributed by atoms with E-state index in [0.29, 0.717) is 17.2 Å². The van der Waals surface area contributed by atoms with Crippen molar-refractivity contribution in [1.29, 1.82) is 0 Å². The van der Waals surface area contributed by atoms with E-state index in [2.05, 4.69) is 16.0 Å². The average Bonchev–Trinajstić information content (AvgIpc) is 2.20.